The lowest BCUT2D eigenvalue weighted by molar-refractivity contribution is -0.137. The van der Waals surface area contributed by atoms with E-state index in [0.29, 0.717) is 17.5 Å². The number of aromatic nitrogens is 2. The minimum Gasteiger partial charge on any atom is -0.387 e. The summed E-state index contributed by atoms with van der Waals surface area (Å²) in [6.45, 7) is 3.42. The van der Waals surface area contributed by atoms with Crippen molar-refractivity contribution in [3.05, 3.63) is 58.1 Å². The van der Waals surface area contributed by atoms with Crippen LogP contribution in [-0.2, 0) is 4.74 Å². The lowest BCUT2D eigenvalue weighted by Gasteiger charge is -2.36. The summed E-state index contributed by atoms with van der Waals surface area (Å²) < 4.78 is 21.2. The summed E-state index contributed by atoms with van der Waals surface area (Å²) in [5.41, 5.74) is 0.210. The Kier molecular flexibility index (Phi) is 5.67. The molecule has 2 aromatic rings. The average molecular weight is 375 g/mol. The van der Waals surface area contributed by atoms with Gasteiger partial charge in [-0.05, 0) is 25.5 Å². The van der Waals surface area contributed by atoms with Gasteiger partial charge in [-0.3, -0.25) is 9.36 Å². The fourth-order valence-electron chi connectivity index (χ4n) is 3.14. The van der Waals surface area contributed by atoms with Gasteiger partial charge in [0, 0.05) is 17.3 Å². The van der Waals surface area contributed by atoms with E-state index in [1.807, 2.05) is 0 Å². The first-order chi connectivity index (χ1) is 12.9. The molecule has 1 amide bonds. The van der Waals surface area contributed by atoms with Gasteiger partial charge in [0.2, 0.25) is 0 Å². The van der Waals surface area contributed by atoms with Gasteiger partial charge >= 0.3 is 5.69 Å². The van der Waals surface area contributed by atoms with Crippen LogP contribution in [0.2, 0.25) is 0 Å². The van der Waals surface area contributed by atoms with Crippen molar-refractivity contribution in [3.8, 4) is 0 Å². The molecule has 1 aromatic carbocycles. The van der Waals surface area contributed by atoms with Gasteiger partial charge in [0.15, 0.2) is 6.17 Å². The number of benzene rings is 1. The van der Waals surface area contributed by atoms with E-state index in [-0.39, 0.29) is 12.4 Å². The van der Waals surface area contributed by atoms with Crippen LogP contribution < -0.4 is 11.0 Å². The van der Waals surface area contributed by atoms with Gasteiger partial charge in [-0.25, -0.2) is 9.18 Å². The fourth-order valence-corrected chi connectivity index (χ4v) is 3.14. The lowest BCUT2D eigenvalue weighted by atomic mass is 9.97. The number of amides is 1. The molecule has 2 N–H and O–H groups in total. The Morgan fingerprint density at radius 3 is 2.78 bits per heavy atom. The first-order valence-electron chi connectivity index (χ1n) is 8.82. The van der Waals surface area contributed by atoms with Crippen LogP contribution in [-0.4, -0.2) is 45.6 Å². The third kappa shape index (κ3) is 3.91. The Morgan fingerprint density at radius 2 is 2.11 bits per heavy atom. The molecule has 1 fully saturated rings. The molecule has 1 aliphatic heterocycles. The van der Waals surface area contributed by atoms with E-state index in [1.54, 1.807) is 44.2 Å². The van der Waals surface area contributed by atoms with Crippen LogP contribution in [0.4, 0.5) is 10.2 Å². The molecule has 0 spiro atoms. The van der Waals surface area contributed by atoms with Crippen LogP contribution in [0.3, 0.4) is 0 Å². The third-order valence-corrected chi connectivity index (χ3v) is 4.72. The van der Waals surface area contributed by atoms with E-state index in [1.165, 1.54) is 6.20 Å². The minimum atomic E-state index is -1.65. The van der Waals surface area contributed by atoms with Crippen LogP contribution in [0, 0.1) is 6.92 Å². The molecule has 0 saturated carbocycles. The molecule has 0 radical (unpaired) electrons. The number of carbonyl (C=O) groups excluding carboxylic acids is 1. The predicted molar refractivity (Wildman–Crippen MR) is 97.6 cm³/mol. The van der Waals surface area contributed by atoms with E-state index in [9.17, 15) is 19.1 Å². The van der Waals surface area contributed by atoms with E-state index in [2.05, 4.69) is 10.3 Å². The standard InChI is InChI=1S/C19H22FN3O4/c1-3-14-16(24)15(20)13(10-27-14)23-9-11(2)17(22-19(23)26)21-18(25)12-7-5-4-6-8-12/h4-9,13-16,24H,3,10H2,1-2H3,(H,21,22,25,26). The minimum absolute atomic E-state index is 0.0342. The number of anilines is 1. The number of ether oxygens (including phenoxy) is 1. The lowest BCUT2D eigenvalue weighted by Crippen LogP contribution is -2.50. The van der Waals surface area contributed by atoms with Gasteiger partial charge in [0.25, 0.3) is 5.91 Å². The fraction of sp³-hybridized carbons (Fsp3) is 0.421. The Balaban J connectivity index is 1.83. The highest BCUT2D eigenvalue weighted by molar-refractivity contribution is 6.03. The first-order valence-corrected chi connectivity index (χ1v) is 8.82. The van der Waals surface area contributed by atoms with E-state index in [0.717, 1.165) is 4.57 Å². The second-order valence-corrected chi connectivity index (χ2v) is 6.56. The summed E-state index contributed by atoms with van der Waals surface area (Å²) >= 11 is 0. The zero-order chi connectivity index (χ0) is 19.6. The summed E-state index contributed by atoms with van der Waals surface area (Å²) in [5.74, 6) is -0.279. The van der Waals surface area contributed by atoms with Crippen molar-refractivity contribution < 1.29 is 19.0 Å². The Bertz CT molecular complexity index is 871. The Hall–Kier alpha value is -2.58. The molecule has 4 unspecified atom stereocenters. The molecule has 8 heteroatoms. The molecule has 4 atom stereocenters. The maximum atomic E-state index is 14.6. The molecule has 2 heterocycles. The molecule has 0 bridgehead atoms. The Labute approximate surface area is 155 Å². The first kappa shape index (κ1) is 19.2. The highest BCUT2D eigenvalue weighted by atomic mass is 19.1. The zero-order valence-electron chi connectivity index (χ0n) is 15.1. The largest absolute Gasteiger partial charge is 0.387 e. The summed E-state index contributed by atoms with van der Waals surface area (Å²) in [6, 6.07) is 7.56. The number of nitrogens with one attached hydrogen (secondary N) is 1. The predicted octanol–water partition coefficient (Wildman–Crippen LogP) is 1.85. The Morgan fingerprint density at radius 1 is 1.41 bits per heavy atom. The molecule has 144 valence electrons. The normalized spacial score (nSPS) is 25.2. The maximum absolute atomic E-state index is 14.6. The van der Waals surface area contributed by atoms with Crippen LogP contribution in [0.1, 0.15) is 35.3 Å². The van der Waals surface area contributed by atoms with Crippen molar-refractivity contribution in [2.45, 2.75) is 44.7 Å². The number of carbonyl (C=O) groups is 1. The maximum Gasteiger partial charge on any atom is 0.349 e. The number of rotatable bonds is 4. The topological polar surface area (TPSA) is 93.5 Å². The van der Waals surface area contributed by atoms with Gasteiger partial charge in [0.1, 0.15) is 11.9 Å². The van der Waals surface area contributed by atoms with Crippen molar-refractivity contribution in [2.75, 3.05) is 11.9 Å². The molecule has 1 aromatic heterocycles. The molecule has 0 aliphatic carbocycles. The summed E-state index contributed by atoms with van der Waals surface area (Å²) in [4.78, 5) is 28.5. The smallest absolute Gasteiger partial charge is 0.349 e. The van der Waals surface area contributed by atoms with E-state index in [4.69, 9.17) is 4.74 Å². The number of hydrogen-bond donors (Lipinski definition) is 2. The SMILES string of the molecule is CCC1OCC(n2cc(C)c(NC(=O)c3ccccc3)nc2=O)C(F)C1O. The highest BCUT2D eigenvalue weighted by Gasteiger charge is 2.40. The van der Waals surface area contributed by atoms with Gasteiger partial charge in [-0.1, -0.05) is 25.1 Å². The van der Waals surface area contributed by atoms with Crippen molar-refractivity contribution in [1.29, 1.82) is 0 Å². The second kappa shape index (κ2) is 7.98. The van der Waals surface area contributed by atoms with E-state index >= 15 is 0 Å². The summed E-state index contributed by atoms with van der Waals surface area (Å²) in [6.07, 6.45) is -1.64. The number of aliphatic hydroxyl groups excluding tert-OH is 1. The quantitative estimate of drug-likeness (QED) is 0.851. The third-order valence-electron chi connectivity index (χ3n) is 4.72. The number of hydrogen-bond acceptors (Lipinski definition) is 5. The van der Waals surface area contributed by atoms with Gasteiger partial charge in [-0.15, -0.1) is 0 Å². The summed E-state index contributed by atoms with van der Waals surface area (Å²) in [5, 5.41) is 12.6. The number of halogens is 1. The van der Waals surface area contributed by atoms with Crippen LogP contribution in [0.15, 0.2) is 41.3 Å². The van der Waals surface area contributed by atoms with Crippen LogP contribution in [0.25, 0.3) is 0 Å². The highest BCUT2D eigenvalue weighted by Crippen LogP contribution is 2.28. The molecule has 7 nitrogen and oxygen atoms in total. The zero-order valence-corrected chi connectivity index (χ0v) is 15.1. The van der Waals surface area contributed by atoms with Crippen molar-refractivity contribution in [3.63, 3.8) is 0 Å². The second-order valence-electron chi connectivity index (χ2n) is 6.56. The van der Waals surface area contributed by atoms with Gasteiger partial charge in [0.05, 0.1) is 18.8 Å². The van der Waals surface area contributed by atoms with Crippen LogP contribution in [0.5, 0.6) is 0 Å². The van der Waals surface area contributed by atoms with Gasteiger partial charge < -0.3 is 15.2 Å². The van der Waals surface area contributed by atoms with E-state index < -0.39 is 36.0 Å². The molecule has 3 rings (SSSR count). The summed E-state index contributed by atoms with van der Waals surface area (Å²) in [7, 11) is 0. The molecule has 1 aliphatic rings. The van der Waals surface area contributed by atoms with Crippen molar-refractivity contribution in [1.82, 2.24) is 9.55 Å². The van der Waals surface area contributed by atoms with Crippen molar-refractivity contribution >= 4 is 11.7 Å². The number of aryl methyl sites for hydroxylation is 1. The number of nitrogens with zero attached hydrogens (tertiary/aromatic N) is 2. The molecule has 1 saturated heterocycles. The monoisotopic (exact) mass is 375 g/mol. The van der Waals surface area contributed by atoms with Crippen molar-refractivity contribution in [2.24, 2.45) is 0 Å². The number of aliphatic hydroxyl groups is 1. The average Bonchev–Trinajstić information content (AvgIpc) is 2.67. The molecular weight excluding hydrogens is 353 g/mol. The van der Waals surface area contributed by atoms with Crippen LogP contribution >= 0.6 is 0 Å². The number of alkyl halides is 1. The van der Waals surface area contributed by atoms with Gasteiger partial charge in [-0.2, -0.15) is 4.98 Å². The molecular formula is C19H22FN3O4. The molecule has 27 heavy (non-hydrogen) atoms.